The Hall–Kier alpha value is -2.89. The summed E-state index contributed by atoms with van der Waals surface area (Å²) in [6, 6.07) is 14.9. The number of nitrogens with zero attached hydrogens (tertiary/aromatic N) is 2. The Balaban J connectivity index is 1.54. The number of aliphatic hydroxyl groups excluding tert-OH is 1. The van der Waals surface area contributed by atoms with Crippen molar-refractivity contribution in [3.63, 3.8) is 0 Å². The largest absolute Gasteiger partial charge is 0.497 e. The Bertz CT molecular complexity index is 1100. The van der Waals surface area contributed by atoms with Crippen molar-refractivity contribution < 1.29 is 14.6 Å². The Morgan fingerprint density at radius 2 is 1.97 bits per heavy atom. The van der Waals surface area contributed by atoms with Gasteiger partial charge in [-0.15, -0.1) is 0 Å². The fraction of sp³-hybridized carbons (Fsp3) is 0.370. The number of methoxy groups -OCH3 is 1. The van der Waals surface area contributed by atoms with Crippen LogP contribution in [0.2, 0.25) is 0 Å². The molecule has 32 heavy (non-hydrogen) atoms. The molecule has 0 bridgehead atoms. The van der Waals surface area contributed by atoms with Crippen LogP contribution in [-0.2, 0) is 17.8 Å². The zero-order chi connectivity index (χ0) is 22.5. The van der Waals surface area contributed by atoms with Crippen molar-refractivity contribution in [3.05, 3.63) is 82.9 Å². The molecule has 2 heterocycles. The summed E-state index contributed by atoms with van der Waals surface area (Å²) >= 11 is 0. The number of hydrogen-bond acceptors (Lipinski definition) is 4. The number of likely N-dealkylation sites (tertiary alicyclic amines) is 1. The number of carbonyl (C=O) groups excluding carboxylic acids is 1. The molecule has 1 fully saturated rings. The van der Waals surface area contributed by atoms with Crippen molar-refractivity contribution in [2.75, 3.05) is 33.4 Å². The molecule has 2 aromatic carbocycles. The van der Waals surface area contributed by atoms with Gasteiger partial charge in [0.25, 0.3) is 0 Å². The second kappa shape index (κ2) is 7.91. The van der Waals surface area contributed by atoms with E-state index in [1.165, 1.54) is 39.5 Å². The third kappa shape index (κ3) is 3.28. The number of carbonyl (C=O) groups is 1. The third-order valence-electron chi connectivity index (χ3n) is 7.32. The monoisotopic (exact) mass is 430 g/mol. The van der Waals surface area contributed by atoms with Gasteiger partial charge in [-0.2, -0.15) is 0 Å². The van der Waals surface area contributed by atoms with E-state index in [0.29, 0.717) is 13.1 Å². The second-order valence-electron chi connectivity index (χ2n) is 9.37. The lowest BCUT2D eigenvalue weighted by molar-refractivity contribution is -0.136. The second-order valence-corrected chi connectivity index (χ2v) is 9.37. The molecule has 1 amide bonds. The standard InChI is InChI=1S/C27H30N2O3/c1-4-25(31)29-16-27(17-29)15-28(13-19-7-5-18(2)6-8-19)24(14-30)23-12-20-11-21(32-3)9-10-22(20)26(23)27/h4-11,24,30H,1,12-17H2,2-3H3. The van der Waals surface area contributed by atoms with Crippen molar-refractivity contribution in [1.82, 2.24) is 9.80 Å². The zero-order valence-electron chi connectivity index (χ0n) is 18.8. The molecule has 0 saturated carbocycles. The summed E-state index contributed by atoms with van der Waals surface area (Å²) in [6.07, 6.45) is 2.22. The first-order valence-electron chi connectivity index (χ1n) is 11.2. The van der Waals surface area contributed by atoms with Gasteiger partial charge in [0.2, 0.25) is 5.91 Å². The number of aliphatic hydroxyl groups is 1. The lowest BCUT2D eigenvalue weighted by Crippen LogP contribution is -2.65. The van der Waals surface area contributed by atoms with E-state index in [1.807, 2.05) is 11.0 Å². The molecule has 1 atom stereocenters. The molecule has 1 N–H and O–H groups in total. The van der Waals surface area contributed by atoms with E-state index < -0.39 is 0 Å². The normalized spacial score (nSPS) is 21.2. The van der Waals surface area contributed by atoms with E-state index >= 15 is 0 Å². The molecule has 0 radical (unpaired) electrons. The minimum Gasteiger partial charge on any atom is -0.497 e. The fourth-order valence-corrected chi connectivity index (χ4v) is 5.81. The lowest BCUT2D eigenvalue weighted by Gasteiger charge is -2.57. The van der Waals surface area contributed by atoms with Gasteiger partial charge in [0.1, 0.15) is 5.75 Å². The van der Waals surface area contributed by atoms with Crippen LogP contribution < -0.4 is 4.74 Å². The van der Waals surface area contributed by atoms with Gasteiger partial charge in [0.15, 0.2) is 0 Å². The van der Waals surface area contributed by atoms with Crippen LogP contribution in [0.15, 0.2) is 60.7 Å². The van der Waals surface area contributed by atoms with Crippen LogP contribution in [0.3, 0.4) is 0 Å². The van der Waals surface area contributed by atoms with Gasteiger partial charge in [0.05, 0.1) is 19.8 Å². The van der Waals surface area contributed by atoms with Gasteiger partial charge in [-0.1, -0.05) is 42.5 Å². The number of amides is 1. The van der Waals surface area contributed by atoms with E-state index in [9.17, 15) is 9.90 Å². The maximum Gasteiger partial charge on any atom is 0.246 e. The zero-order valence-corrected chi connectivity index (χ0v) is 18.8. The fourth-order valence-electron chi connectivity index (χ4n) is 5.81. The maximum atomic E-state index is 12.3. The molecule has 5 rings (SSSR count). The molecule has 166 valence electrons. The third-order valence-corrected chi connectivity index (χ3v) is 7.32. The van der Waals surface area contributed by atoms with Gasteiger partial charge in [-0.3, -0.25) is 9.69 Å². The van der Waals surface area contributed by atoms with Crippen molar-refractivity contribution >= 4 is 11.5 Å². The topological polar surface area (TPSA) is 53.0 Å². The van der Waals surface area contributed by atoms with Crippen LogP contribution in [0.1, 0.15) is 22.3 Å². The predicted molar refractivity (Wildman–Crippen MR) is 125 cm³/mol. The summed E-state index contributed by atoms with van der Waals surface area (Å²) in [5, 5.41) is 10.5. The summed E-state index contributed by atoms with van der Waals surface area (Å²) in [5.41, 5.74) is 7.48. The Morgan fingerprint density at radius 3 is 2.62 bits per heavy atom. The van der Waals surface area contributed by atoms with E-state index in [-0.39, 0.29) is 24.0 Å². The first-order valence-corrected chi connectivity index (χ1v) is 11.2. The Kier molecular flexibility index (Phi) is 5.19. The minimum atomic E-state index is -0.121. The highest BCUT2D eigenvalue weighted by Gasteiger charge is 2.55. The van der Waals surface area contributed by atoms with Crippen LogP contribution in [0, 0.1) is 12.3 Å². The van der Waals surface area contributed by atoms with Gasteiger partial charge in [-0.05, 0) is 59.4 Å². The van der Waals surface area contributed by atoms with Crippen molar-refractivity contribution in [3.8, 4) is 5.75 Å². The van der Waals surface area contributed by atoms with Crippen molar-refractivity contribution in [1.29, 1.82) is 0 Å². The van der Waals surface area contributed by atoms with E-state index in [2.05, 4.69) is 54.8 Å². The Labute approximate surface area is 189 Å². The van der Waals surface area contributed by atoms with E-state index in [0.717, 1.165) is 25.3 Å². The number of benzene rings is 2. The number of aryl methyl sites for hydroxylation is 1. The van der Waals surface area contributed by atoms with Gasteiger partial charge < -0.3 is 14.7 Å². The van der Waals surface area contributed by atoms with Crippen LogP contribution in [-0.4, -0.2) is 60.2 Å². The lowest BCUT2D eigenvalue weighted by atomic mass is 9.66. The average Bonchev–Trinajstić information content (AvgIpc) is 3.16. The van der Waals surface area contributed by atoms with Crippen molar-refractivity contribution in [2.24, 2.45) is 5.41 Å². The first kappa shape index (κ1) is 21.0. The Morgan fingerprint density at radius 1 is 1.22 bits per heavy atom. The minimum absolute atomic E-state index is 0.0138. The molecule has 1 spiro atoms. The predicted octanol–water partition coefficient (Wildman–Crippen LogP) is 3.20. The van der Waals surface area contributed by atoms with E-state index in [4.69, 9.17) is 4.74 Å². The summed E-state index contributed by atoms with van der Waals surface area (Å²) in [7, 11) is 1.69. The molecular formula is C27H30N2O3. The molecule has 2 aromatic rings. The molecule has 5 heteroatoms. The van der Waals surface area contributed by atoms with Crippen LogP contribution in [0.4, 0.5) is 0 Å². The number of rotatable bonds is 5. The molecule has 0 aromatic heterocycles. The molecule has 2 aliphatic heterocycles. The highest BCUT2D eigenvalue weighted by Crippen LogP contribution is 2.54. The SMILES string of the molecule is C=CC(=O)N1CC2(C1)CN(Cc1ccc(C)cc1)C(CO)C1=C2c2ccc(OC)cc2C1. The number of fused-ring (bicyclic) bond motifs is 3. The van der Waals surface area contributed by atoms with Gasteiger partial charge in [0, 0.05) is 31.6 Å². The smallest absolute Gasteiger partial charge is 0.246 e. The summed E-state index contributed by atoms with van der Waals surface area (Å²) in [5.74, 6) is 0.840. The molecular weight excluding hydrogens is 400 g/mol. The maximum absolute atomic E-state index is 12.3. The highest BCUT2D eigenvalue weighted by atomic mass is 16.5. The van der Waals surface area contributed by atoms with Crippen LogP contribution >= 0.6 is 0 Å². The summed E-state index contributed by atoms with van der Waals surface area (Å²) in [4.78, 5) is 16.6. The molecule has 1 saturated heterocycles. The quantitative estimate of drug-likeness (QED) is 0.741. The number of ether oxygens (including phenoxy) is 1. The average molecular weight is 431 g/mol. The van der Waals surface area contributed by atoms with Gasteiger partial charge >= 0.3 is 0 Å². The van der Waals surface area contributed by atoms with E-state index in [1.54, 1.807) is 7.11 Å². The van der Waals surface area contributed by atoms with Crippen LogP contribution in [0.25, 0.3) is 5.57 Å². The van der Waals surface area contributed by atoms with Gasteiger partial charge in [-0.25, -0.2) is 0 Å². The molecule has 5 nitrogen and oxygen atoms in total. The summed E-state index contributed by atoms with van der Waals surface area (Å²) < 4.78 is 5.47. The number of hydrogen-bond donors (Lipinski definition) is 1. The molecule has 1 aliphatic carbocycles. The highest BCUT2D eigenvalue weighted by molar-refractivity contribution is 5.90. The molecule has 3 aliphatic rings. The first-order chi connectivity index (χ1) is 15.5. The molecule has 1 unspecified atom stereocenters. The van der Waals surface area contributed by atoms with Crippen molar-refractivity contribution in [2.45, 2.75) is 25.9 Å². The summed E-state index contributed by atoms with van der Waals surface area (Å²) in [6.45, 7) is 8.80. The van der Waals surface area contributed by atoms with Crippen LogP contribution in [0.5, 0.6) is 5.75 Å².